The van der Waals surface area contributed by atoms with Crippen molar-refractivity contribution in [2.24, 2.45) is 0 Å². The Kier molecular flexibility index (Phi) is 3.28. The number of anilines is 1. The number of halogens is 1. The van der Waals surface area contributed by atoms with E-state index in [1.165, 1.54) is 0 Å². The molecule has 0 fully saturated rings. The molecule has 0 aliphatic rings. The Balaban J connectivity index is 2.31. The highest BCUT2D eigenvalue weighted by Crippen LogP contribution is 2.27. The van der Waals surface area contributed by atoms with Crippen LogP contribution >= 0.6 is 22.6 Å². The van der Waals surface area contributed by atoms with Crippen molar-refractivity contribution in [1.82, 2.24) is 4.98 Å². The number of pyridine rings is 1. The summed E-state index contributed by atoms with van der Waals surface area (Å²) in [6, 6.07) is 9.65. The Morgan fingerprint density at radius 3 is 2.75 bits per heavy atom. The van der Waals surface area contributed by atoms with Gasteiger partial charge in [0, 0.05) is 5.56 Å². The number of nitrogens with two attached hydrogens (primary N) is 1. The van der Waals surface area contributed by atoms with E-state index in [-0.39, 0.29) is 0 Å². The van der Waals surface area contributed by atoms with E-state index in [9.17, 15) is 0 Å². The summed E-state index contributed by atoms with van der Waals surface area (Å²) in [5, 5.41) is 0. The first-order chi connectivity index (χ1) is 7.66. The zero-order chi connectivity index (χ0) is 11.5. The van der Waals surface area contributed by atoms with Crippen LogP contribution in [-0.2, 0) is 0 Å². The number of aromatic nitrogens is 1. The summed E-state index contributed by atoms with van der Waals surface area (Å²) in [5.74, 6) is 1.40. The molecule has 16 heavy (non-hydrogen) atoms. The van der Waals surface area contributed by atoms with Gasteiger partial charge in [-0.3, -0.25) is 0 Å². The van der Waals surface area contributed by atoms with E-state index in [0.29, 0.717) is 11.6 Å². The van der Waals surface area contributed by atoms with Crippen LogP contribution in [0.15, 0.2) is 36.5 Å². The molecule has 0 unspecified atom stereocenters. The van der Waals surface area contributed by atoms with Crippen molar-refractivity contribution in [3.63, 3.8) is 0 Å². The Morgan fingerprint density at radius 2 is 2.06 bits per heavy atom. The molecule has 0 amide bonds. The van der Waals surface area contributed by atoms with E-state index >= 15 is 0 Å². The highest BCUT2D eigenvalue weighted by Gasteiger charge is 2.05. The maximum atomic E-state index is 5.72. The molecule has 0 bridgehead atoms. The summed E-state index contributed by atoms with van der Waals surface area (Å²) in [7, 11) is 0. The molecule has 0 saturated carbocycles. The SMILES string of the molecule is Cc1cc(N)cnc1Oc1ccccc1I. The molecular weight excluding hydrogens is 315 g/mol. The molecule has 0 aliphatic carbocycles. The van der Waals surface area contributed by atoms with Gasteiger partial charge in [0.1, 0.15) is 5.75 Å². The zero-order valence-corrected chi connectivity index (χ0v) is 10.9. The number of benzene rings is 1. The van der Waals surface area contributed by atoms with Gasteiger partial charge in [-0.05, 0) is 47.7 Å². The third-order valence-corrected chi connectivity index (χ3v) is 2.99. The average molecular weight is 326 g/mol. The second-order valence-electron chi connectivity index (χ2n) is 3.42. The molecule has 0 saturated heterocycles. The molecule has 1 heterocycles. The van der Waals surface area contributed by atoms with Gasteiger partial charge in [-0.2, -0.15) is 0 Å². The lowest BCUT2D eigenvalue weighted by atomic mass is 10.3. The van der Waals surface area contributed by atoms with E-state index < -0.39 is 0 Å². The minimum absolute atomic E-state index is 0.596. The van der Waals surface area contributed by atoms with Crippen molar-refractivity contribution >= 4 is 28.3 Å². The summed E-state index contributed by atoms with van der Waals surface area (Å²) in [6.07, 6.45) is 1.60. The van der Waals surface area contributed by atoms with Crippen molar-refractivity contribution in [2.45, 2.75) is 6.92 Å². The fraction of sp³-hybridized carbons (Fsp3) is 0.0833. The summed E-state index contributed by atoms with van der Waals surface area (Å²) < 4.78 is 6.77. The van der Waals surface area contributed by atoms with Gasteiger partial charge < -0.3 is 10.5 Å². The van der Waals surface area contributed by atoms with Crippen molar-refractivity contribution in [3.8, 4) is 11.6 Å². The van der Waals surface area contributed by atoms with Gasteiger partial charge in [-0.1, -0.05) is 12.1 Å². The van der Waals surface area contributed by atoms with Crippen LogP contribution in [-0.4, -0.2) is 4.98 Å². The molecule has 1 aromatic heterocycles. The summed E-state index contributed by atoms with van der Waals surface area (Å²) in [4.78, 5) is 4.16. The number of hydrogen-bond donors (Lipinski definition) is 1. The lowest BCUT2D eigenvalue weighted by Crippen LogP contribution is -1.95. The Labute approximate surface area is 108 Å². The van der Waals surface area contributed by atoms with E-state index in [4.69, 9.17) is 10.5 Å². The predicted octanol–water partition coefficient (Wildman–Crippen LogP) is 3.37. The molecule has 0 radical (unpaired) electrons. The molecule has 3 nitrogen and oxygen atoms in total. The second kappa shape index (κ2) is 4.69. The molecule has 1 aromatic carbocycles. The summed E-state index contributed by atoms with van der Waals surface area (Å²) in [5.41, 5.74) is 7.21. The lowest BCUT2D eigenvalue weighted by Gasteiger charge is -2.09. The van der Waals surface area contributed by atoms with Gasteiger partial charge in [-0.15, -0.1) is 0 Å². The van der Waals surface area contributed by atoms with E-state index in [0.717, 1.165) is 14.9 Å². The van der Waals surface area contributed by atoms with Crippen LogP contribution in [0.25, 0.3) is 0 Å². The van der Waals surface area contributed by atoms with E-state index in [1.807, 2.05) is 37.3 Å². The van der Waals surface area contributed by atoms with Crippen LogP contribution in [0.2, 0.25) is 0 Å². The van der Waals surface area contributed by atoms with Gasteiger partial charge in [0.25, 0.3) is 0 Å². The van der Waals surface area contributed by atoms with Gasteiger partial charge >= 0.3 is 0 Å². The fourth-order valence-corrected chi connectivity index (χ4v) is 1.82. The summed E-state index contributed by atoms with van der Waals surface area (Å²) >= 11 is 2.23. The zero-order valence-electron chi connectivity index (χ0n) is 8.77. The first kappa shape index (κ1) is 11.2. The van der Waals surface area contributed by atoms with Crippen LogP contribution in [0, 0.1) is 10.5 Å². The molecule has 2 N–H and O–H groups in total. The van der Waals surface area contributed by atoms with Crippen LogP contribution in [0.5, 0.6) is 11.6 Å². The largest absolute Gasteiger partial charge is 0.438 e. The standard InChI is InChI=1S/C12H11IN2O/c1-8-6-9(14)7-15-12(8)16-11-5-3-2-4-10(11)13/h2-7H,14H2,1H3. The highest BCUT2D eigenvalue weighted by atomic mass is 127. The maximum Gasteiger partial charge on any atom is 0.222 e. The average Bonchev–Trinajstić information content (AvgIpc) is 2.25. The van der Waals surface area contributed by atoms with Crippen LogP contribution in [0.1, 0.15) is 5.56 Å². The molecule has 0 aliphatic heterocycles. The van der Waals surface area contributed by atoms with Crippen molar-refractivity contribution in [1.29, 1.82) is 0 Å². The topological polar surface area (TPSA) is 48.1 Å². The lowest BCUT2D eigenvalue weighted by molar-refractivity contribution is 0.456. The molecular formula is C12H11IN2O. The molecule has 2 rings (SSSR count). The molecule has 82 valence electrons. The quantitative estimate of drug-likeness (QED) is 0.861. The molecule has 2 aromatic rings. The number of ether oxygens (including phenoxy) is 1. The van der Waals surface area contributed by atoms with Crippen molar-refractivity contribution in [2.75, 3.05) is 5.73 Å². The fourth-order valence-electron chi connectivity index (χ4n) is 1.32. The van der Waals surface area contributed by atoms with Gasteiger partial charge in [0.15, 0.2) is 0 Å². The monoisotopic (exact) mass is 326 g/mol. The Morgan fingerprint density at radius 1 is 1.31 bits per heavy atom. The number of para-hydroxylation sites is 1. The van der Waals surface area contributed by atoms with Crippen LogP contribution in [0.3, 0.4) is 0 Å². The number of rotatable bonds is 2. The van der Waals surface area contributed by atoms with E-state index in [2.05, 4.69) is 27.6 Å². The second-order valence-corrected chi connectivity index (χ2v) is 4.59. The number of nitrogens with zero attached hydrogens (tertiary/aromatic N) is 1. The molecule has 4 heteroatoms. The third kappa shape index (κ3) is 2.44. The third-order valence-electron chi connectivity index (χ3n) is 2.09. The number of aryl methyl sites for hydroxylation is 1. The number of hydrogen-bond acceptors (Lipinski definition) is 3. The van der Waals surface area contributed by atoms with Crippen LogP contribution < -0.4 is 10.5 Å². The smallest absolute Gasteiger partial charge is 0.222 e. The molecule has 0 spiro atoms. The van der Waals surface area contributed by atoms with Gasteiger partial charge in [0.05, 0.1) is 15.5 Å². The minimum Gasteiger partial charge on any atom is -0.438 e. The van der Waals surface area contributed by atoms with Crippen molar-refractivity contribution in [3.05, 3.63) is 45.7 Å². The Hall–Kier alpha value is -1.30. The first-order valence-corrected chi connectivity index (χ1v) is 5.89. The summed E-state index contributed by atoms with van der Waals surface area (Å²) in [6.45, 7) is 1.93. The maximum absolute atomic E-state index is 5.72. The minimum atomic E-state index is 0.596. The normalized spacial score (nSPS) is 10.1. The number of nitrogen functional groups attached to an aromatic ring is 1. The predicted molar refractivity (Wildman–Crippen MR) is 72.6 cm³/mol. The van der Waals surface area contributed by atoms with Gasteiger partial charge in [0.2, 0.25) is 5.88 Å². The highest BCUT2D eigenvalue weighted by molar-refractivity contribution is 14.1. The Bertz CT molecular complexity index is 514. The first-order valence-electron chi connectivity index (χ1n) is 4.81. The molecule has 0 atom stereocenters. The van der Waals surface area contributed by atoms with Crippen molar-refractivity contribution < 1.29 is 4.74 Å². The van der Waals surface area contributed by atoms with Gasteiger partial charge in [-0.25, -0.2) is 4.98 Å². The van der Waals surface area contributed by atoms with E-state index in [1.54, 1.807) is 6.20 Å². The van der Waals surface area contributed by atoms with Crippen LogP contribution in [0.4, 0.5) is 5.69 Å².